The molecule has 4 heteroatoms. The van der Waals surface area contributed by atoms with Crippen LogP contribution in [0.4, 0.5) is 28.4 Å². The van der Waals surface area contributed by atoms with Crippen molar-refractivity contribution in [3.05, 3.63) is 208 Å². The molecule has 1 aliphatic carbocycles. The lowest BCUT2D eigenvalue weighted by molar-refractivity contribution is 0.281. The monoisotopic (exact) mass is 682 g/mol. The smallest absolute Gasteiger partial charge is 0.107 e. The van der Waals surface area contributed by atoms with Crippen LogP contribution in [0.25, 0.3) is 0 Å². The molecule has 6 aromatic carbocycles. The number of hydrogen-bond acceptors (Lipinski definition) is 4. The lowest BCUT2D eigenvalue weighted by atomic mass is 9.79. The molecule has 7 rings (SSSR count). The average Bonchev–Trinajstić information content (AvgIpc) is 3.19. The van der Waals surface area contributed by atoms with Gasteiger partial charge < -0.3 is 20.0 Å². The first-order valence-corrected chi connectivity index (χ1v) is 18.0. The van der Waals surface area contributed by atoms with Crippen LogP contribution in [-0.4, -0.2) is 10.2 Å². The summed E-state index contributed by atoms with van der Waals surface area (Å²) in [6.07, 6.45) is 9.35. The van der Waals surface area contributed by atoms with Crippen LogP contribution in [0, 0.1) is 27.7 Å². The van der Waals surface area contributed by atoms with Crippen LogP contribution in [0.1, 0.15) is 50.4 Å². The number of aryl methyl sites for hydroxylation is 4. The van der Waals surface area contributed by atoms with Gasteiger partial charge in [-0.15, -0.1) is 0 Å². The van der Waals surface area contributed by atoms with Crippen LogP contribution < -0.4 is 9.80 Å². The van der Waals surface area contributed by atoms with Crippen LogP contribution in [0.15, 0.2) is 164 Å². The minimum atomic E-state index is -0.596. The Morgan fingerprint density at radius 3 is 1.46 bits per heavy atom. The number of anilines is 5. The summed E-state index contributed by atoms with van der Waals surface area (Å²) in [6, 6.07) is 49.1. The van der Waals surface area contributed by atoms with Gasteiger partial charge in [0.05, 0.1) is 13.2 Å². The second kappa shape index (κ2) is 14.9. The van der Waals surface area contributed by atoms with E-state index in [0.717, 1.165) is 45.1 Å². The third-order valence-electron chi connectivity index (χ3n) is 10.5. The molecule has 0 aliphatic heterocycles. The highest BCUT2D eigenvalue weighted by Crippen LogP contribution is 2.46. The van der Waals surface area contributed by atoms with E-state index < -0.39 is 5.54 Å². The molecule has 0 atom stereocenters. The van der Waals surface area contributed by atoms with Gasteiger partial charge in [0.15, 0.2) is 0 Å². The fourth-order valence-corrected chi connectivity index (χ4v) is 7.12. The highest BCUT2D eigenvalue weighted by Gasteiger charge is 2.37. The molecule has 1 aliphatic rings. The zero-order valence-corrected chi connectivity index (χ0v) is 30.4. The molecule has 52 heavy (non-hydrogen) atoms. The van der Waals surface area contributed by atoms with Crippen molar-refractivity contribution in [1.29, 1.82) is 0 Å². The molecule has 0 spiro atoms. The maximum Gasteiger partial charge on any atom is 0.107 e. The molecule has 6 aromatic rings. The van der Waals surface area contributed by atoms with Gasteiger partial charge in [-0.3, -0.25) is 0 Å². The van der Waals surface area contributed by atoms with Gasteiger partial charge in [0.2, 0.25) is 0 Å². The van der Waals surface area contributed by atoms with Gasteiger partial charge in [-0.1, -0.05) is 103 Å². The standard InChI is InChI=1S/C48H46N2O2/c1-34-10-18-46(30-36(34)3)49(43-20-12-38(32-51)13-21-43)44-24-16-40(17-25-44)41-26-28-48(29-27-41,42-8-6-5-7-9-42)50(45-22-14-39(33-52)15-23-45)47-19-11-35(2)37(4)31-47/h5-31,41,51-52H,32-33H2,1-4H3. The van der Waals surface area contributed by atoms with Crippen molar-refractivity contribution in [1.82, 2.24) is 0 Å². The summed E-state index contributed by atoms with van der Waals surface area (Å²) in [6.45, 7) is 8.63. The fraction of sp³-hybridized carbons (Fsp3) is 0.167. The third kappa shape index (κ3) is 6.83. The van der Waals surface area contributed by atoms with Crippen molar-refractivity contribution in [2.24, 2.45) is 0 Å². The van der Waals surface area contributed by atoms with E-state index in [4.69, 9.17) is 0 Å². The van der Waals surface area contributed by atoms with Crippen LogP contribution >= 0.6 is 0 Å². The lowest BCUT2D eigenvalue weighted by Crippen LogP contribution is -2.41. The minimum absolute atomic E-state index is 0.00639. The average molecular weight is 683 g/mol. The highest BCUT2D eigenvalue weighted by atomic mass is 16.3. The van der Waals surface area contributed by atoms with Crippen molar-refractivity contribution >= 4 is 28.4 Å². The second-order valence-corrected chi connectivity index (χ2v) is 13.9. The van der Waals surface area contributed by atoms with E-state index in [9.17, 15) is 10.2 Å². The molecule has 0 saturated heterocycles. The summed E-state index contributed by atoms with van der Waals surface area (Å²) in [4.78, 5) is 4.68. The predicted molar refractivity (Wildman–Crippen MR) is 216 cm³/mol. The van der Waals surface area contributed by atoms with Gasteiger partial charge in [0.1, 0.15) is 5.54 Å². The number of benzene rings is 6. The van der Waals surface area contributed by atoms with Crippen molar-refractivity contribution in [3.8, 4) is 0 Å². The van der Waals surface area contributed by atoms with Gasteiger partial charge in [-0.05, 0) is 133 Å². The third-order valence-corrected chi connectivity index (χ3v) is 10.5. The zero-order valence-electron chi connectivity index (χ0n) is 30.4. The Bertz CT molecular complexity index is 2190. The maximum absolute atomic E-state index is 9.82. The molecule has 0 unspecified atom stereocenters. The number of rotatable bonds is 10. The summed E-state index contributed by atoms with van der Waals surface area (Å²) in [5.41, 5.74) is 13.9. The Morgan fingerprint density at radius 1 is 0.481 bits per heavy atom. The number of nitrogens with zero attached hydrogens (tertiary/aromatic N) is 2. The Morgan fingerprint density at radius 2 is 0.942 bits per heavy atom. The summed E-state index contributed by atoms with van der Waals surface area (Å²) >= 11 is 0. The Hall–Kier alpha value is -5.68. The number of aliphatic hydroxyl groups is 2. The summed E-state index contributed by atoms with van der Waals surface area (Å²) in [7, 11) is 0. The quantitative estimate of drug-likeness (QED) is 0.141. The van der Waals surface area contributed by atoms with E-state index in [1.54, 1.807) is 0 Å². The molecular formula is C48H46N2O2. The van der Waals surface area contributed by atoms with Crippen molar-refractivity contribution < 1.29 is 10.2 Å². The van der Waals surface area contributed by atoms with E-state index in [1.807, 2.05) is 24.3 Å². The van der Waals surface area contributed by atoms with E-state index >= 15 is 0 Å². The van der Waals surface area contributed by atoms with Crippen LogP contribution in [0.3, 0.4) is 0 Å². The largest absolute Gasteiger partial charge is 0.392 e. The minimum Gasteiger partial charge on any atom is -0.392 e. The summed E-state index contributed by atoms with van der Waals surface area (Å²) in [5, 5.41) is 19.5. The van der Waals surface area contributed by atoms with Crippen LogP contribution in [0.5, 0.6) is 0 Å². The van der Waals surface area contributed by atoms with Crippen molar-refractivity contribution in [3.63, 3.8) is 0 Å². The van der Waals surface area contributed by atoms with Gasteiger partial charge >= 0.3 is 0 Å². The van der Waals surface area contributed by atoms with Gasteiger partial charge in [0, 0.05) is 34.4 Å². The van der Waals surface area contributed by atoms with E-state index in [2.05, 4.69) is 177 Å². The van der Waals surface area contributed by atoms with Crippen molar-refractivity contribution in [2.45, 2.75) is 52.4 Å². The normalized spacial score (nSPS) is 16.5. The molecule has 0 fully saturated rings. The first-order valence-electron chi connectivity index (χ1n) is 18.0. The molecule has 4 nitrogen and oxygen atoms in total. The molecule has 0 saturated carbocycles. The fourth-order valence-electron chi connectivity index (χ4n) is 7.12. The first-order chi connectivity index (χ1) is 25.3. The van der Waals surface area contributed by atoms with Crippen LogP contribution in [0.2, 0.25) is 0 Å². The Balaban J connectivity index is 1.27. The number of hydrogen-bond donors (Lipinski definition) is 2. The molecule has 0 radical (unpaired) electrons. The number of aliphatic hydroxyl groups excluding tert-OH is 2. The second-order valence-electron chi connectivity index (χ2n) is 13.9. The summed E-state index contributed by atoms with van der Waals surface area (Å²) in [5.74, 6) is 0.0863. The van der Waals surface area contributed by atoms with Gasteiger partial charge in [-0.2, -0.15) is 0 Å². The predicted octanol–water partition coefficient (Wildman–Crippen LogP) is 11.3. The van der Waals surface area contributed by atoms with Gasteiger partial charge in [-0.25, -0.2) is 0 Å². The highest BCUT2D eigenvalue weighted by molar-refractivity contribution is 5.77. The molecule has 0 aromatic heterocycles. The van der Waals surface area contributed by atoms with Crippen molar-refractivity contribution in [2.75, 3.05) is 9.80 Å². The molecule has 260 valence electrons. The van der Waals surface area contributed by atoms with E-state index in [1.165, 1.54) is 27.8 Å². The zero-order chi connectivity index (χ0) is 36.2. The Kier molecular flexibility index (Phi) is 9.95. The first kappa shape index (κ1) is 34.8. The SMILES string of the molecule is Cc1ccc(N(c2ccc(CO)cc2)c2ccc(C3C=CC(c4ccccc4)(N(c4ccc(CO)cc4)c4ccc(C)c(C)c4)C=C3)cc2)cc1C. The summed E-state index contributed by atoms with van der Waals surface area (Å²) < 4.78 is 0. The molecular weight excluding hydrogens is 637 g/mol. The van der Waals surface area contributed by atoms with E-state index in [-0.39, 0.29) is 19.1 Å². The number of allylic oxidation sites excluding steroid dienone is 2. The lowest BCUT2D eigenvalue weighted by Gasteiger charge is -2.44. The molecule has 0 bridgehead atoms. The Labute approximate surface area is 308 Å². The van der Waals surface area contributed by atoms with E-state index in [0.29, 0.717) is 0 Å². The van der Waals surface area contributed by atoms with Crippen LogP contribution in [-0.2, 0) is 18.8 Å². The molecule has 0 heterocycles. The van der Waals surface area contributed by atoms with Gasteiger partial charge in [0.25, 0.3) is 0 Å². The maximum atomic E-state index is 9.82. The molecule has 2 N–H and O–H groups in total. The topological polar surface area (TPSA) is 46.9 Å². The molecule has 0 amide bonds.